The van der Waals surface area contributed by atoms with Crippen LogP contribution in [-0.4, -0.2) is 20.9 Å². The van der Waals surface area contributed by atoms with Gasteiger partial charge in [0.2, 0.25) is 5.91 Å². The highest BCUT2D eigenvalue weighted by atomic mass is 32.2. The molecular weight excluding hydrogens is 348 g/mol. The highest BCUT2D eigenvalue weighted by Crippen LogP contribution is 2.32. The van der Waals surface area contributed by atoms with Gasteiger partial charge in [-0.15, -0.1) is 0 Å². The van der Waals surface area contributed by atoms with Gasteiger partial charge in [-0.2, -0.15) is 0 Å². The van der Waals surface area contributed by atoms with Gasteiger partial charge < -0.3 is 5.32 Å². The third-order valence-electron chi connectivity index (χ3n) is 4.58. The maximum Gasteiger partial charge on any atom is 0.264 e. The zero-order valence-electron chi connectivity index (χ0n) is 14.9. The van der Waals surface area contributed by atoms with E-state index in [1.165, 1.54) is 4.31 Å². The Labute approximate surface area is 155 Å². The van der Waals surface area contributed by atoms with Crippen LogP contribution in [0.4, 0.5) is 11.4 Å². The number of nitrogens with one attached hydrogen (secondary N) is 1. The molecule has 1 aliphatic heterocycles. The molecule has 1 heterocycles. The zero-order chi connectivity index (χ0) is 18.6. The summed E-state index contributed by atoms with van der Waals surface area (Å²) in [5.74, 6) is -0.0393. The van der Waals surface area contributed by atoms with Crippen molar-refractivity contribution in [2.75, 3.05) is 16.2 Å². The molecule has 2 aromatic carbocycles. The smallest absolute Gasteiger partial charge is 0.264 e. The fraction of sp³-hybridized carbons (Fsp3) is 0.350. The summed E-state index contributed by atoms with van der Waals surface area (Å²) in [5.41, 5.74) is 2.42. The molecule has 0 atom stereocenters. The zero-order valence-corrected chi connectivity index (χ0v) is 15.8. The lowest BCUT2D eigenvalue weighted by Gasteiger charge is -2.19. The first-order valence-corrected chi connectivity index (χ1v) is 10.5. The summed E-state index contributed by atoms with van der Waals surface area (Å²) >= 11 is 0. The fourth-order valence-corrected chi connectivity index (χ4v) is 4.66. The second-order valence-corrected chi connectivity index (χ2v) is 8.35. The minimum Gasteiger partial charge on any atom is -0.326 e. The average molecular weight is 372 g/mol. The van der Waals surface area contributed by atoms with Crippen molar-refractivity contribution in [3.63, 3.8) is 0 Å². The Balaban J connectivity index is 1.71. The number of hydrogen-bond donors (Lipinski definition) is 1. The standard InChI is InChI=1S/C20H24N2O3S/c1-2-3-4-9-20(23)21-17-10-12-18(13-11-17)26(24,25)22-15-14-16-7-5-6-8-19(16)22/h5-8,10-13H,2-4,9,14-15H2,1H3,(H,21,23). The van der Waals surface area contributed by atoms with E-state index in [0.29, 0.717) is 18.7 Å². The quantitative estimate of drug-likeness (QED) is 0.748. The van der Waals surface area contributed by atoms with Gasteiger partial charge in [0.15, 0.2) is 0 Å². The normalized spacial score (nSPS) is 13.5. The van der Waals surface area contributed by atoms with E-state index in [1.807, 2.05) is 24.3 Å². The van der Waals surface area contributed by atoms with Gasteiger partial charge in [-0.3, -0.25) is 9.10 Å². The lowest BCUT2D eigenvalue weighted by Crippen LogP contribution is -2.29. The fourth-order valence-electron chi connectivity index (χ4n) is 3.15. The van der Waals surface area contributed by atoms with Crippen molar-refractivity contribution in [3.05, 3.63) is 54.1 Å². The predicted octanol–water partition coefficient (Wildman–Crippen LogP) is 3.96. The Hall–Kier alpha value is -2.34. The number of hydrogen-bond acceptors (Lipinski definition) is 3. The Morgan fingerprint density at radius 1 is 1.08 bits per heavy atom. The summed E-state index contributed by atoms with van der Waals surface area (Å²) < 4.78 is 27.3. The number of para-hydroxylation sites is 1. The molecule has 0 fully saturated rings. The van der Waals surface area contributed by atoms with Crippen molar-refractivity contribution < 1.29 is 13.2 Å². The van der Waals surface area contributed by atoms with Crippen molar-refractivity contribution >= 4 is 27.3 Å². The first-order valence-electron chi connectivity index (χ1n) is 9.03. The van der Waals surface area contributed by atoms with Gasteiger partial charge in [-0.25, -0.2) is 8.42 Å². The molecule has 1 N–H and O–H groups in total. The van der Waals surface area contributed by atoms with E-state index in [9.17, 15) is 13.2 Å². The Bertz CT molecular complexity index is 876. The first-order chi connectivity index (χ1) is 12.5. The molecule has 5 nitrogen and oxygen atoms in total. The molecule has 0 aliphatic carbocycles. The van der Waals surface area contributed by atoms with E-state index >= 15 is 0 Å². The number of nitrogens with zero attached hydrogens (tertiary/aromatic N) is 1. The number of carbonyl (C=O) groups is 1. The minimum absolute atomic E-state index is 0.0393. The molecule has 3 rings (SSSR count). The highest BCUT2D eigenvalue weighted by molar-refractivity contribution is 7.92. The summed E-state index contributed by atoms with van der Waals surface area (Å²) in [4.78, 5) is 12.1. The van der Waals surface area contributed by atoms with E-state index in [4.69, 9.17) is 0 Å². The van der Waals surface area contributed by atoms with Crippen LogP contribution in [0.15, 0.2) is 53.4 Å². The molecule has 2 aromatic rings. The first kappa shape index (κ1) is 18.5. The van der Waals surface area contributed by atoms with Crippen LogP contribution in [-0.2, 0) is 21.2 Å². The number of anilines is 2. The maximum atomic E-state index is 12.9. The van der Waals surface area contributed by atoms with Gasteiger partial charge in [-0.1, -0.05) is 38.0 Å². The molecule has 1 aliphatic rings. The van der Waals surface area contributed by atoms with Gasteiger partial charge >= 0.3 is 0 Å². The van der Waals surface area contributed by atoms with Crippen molar-refractivity contribution in [3.8, 4) is 0 Å². The highest BCUT2D eigenvalue weighted by Gasteiger charge is 2.30. The van der Waals surface area contributed by atoms with Crippen LogP contribution >= 0.6 is 0 Å². The summed E-state index contributed by atoms with van der Waals surface area (Å²) in [5, 5.41) is 2.82. The Morgan fingerprint density at radius 3 is 2.54 bits per heavy atom. The lowest BCUT2D eigenvalue weighted by molar-refractivity contribution is -0.116. The number of benzene rings is 2. The molecule has 6 heteroatoms. The topological polar surface area (TPSA) is 66.5 Å². The lowest BCUT2D eigenvalue weighted by atomic mass is 10.2. The van der Waals surface area contributed by atoms with Crippen LogP contribution < -0.4 is 9.62 Å². The number of sulfonamides is 1. The van der Waals surface area contributed by atoms with Crippen LogP contribution in [0, 0.1) is 0 Å². The second kappa shape index (κ2) is 7.91. The van der Waals surface area contributed by atoms with Gasteiger partial charge in [0, 0.05) is 18.7 Å². The van der Waals surface area contributed by atoms with Crippen molar-refractivity contribution in [2.24, 2.45) is 0 Å². The molecule has 138 valence electrons. The molecule has 0 saturated carbocycles. The van der Waals surface area contributed by atoms with E-state index in [2.05, 4.69) is 12.2 Å². The van der Waals surface area contributed by atoms with Crippen molar-refractivity contribution in [2.45, 2.75) is 43.9 Å². The van der Waals surface area contributed by atoms with Gasteiger partial charge in [0.05, 0.1) is 10.6 Å². The van der Waals surface area contributed by atoms with Crippen LogP contribution in [0.5, 0.6) is 0 Å². The predicted molar refractivity (Wildman–Crippen MR) is 104 cm³/mol. The maximum absolute atomic E-state index is 12.9. The number of unbranched alkanes of at least 4 members (excludes halogenated alkanes) is 2. The minimum atomic E-state index is -3.59. The van der Waals surface area contributed by atoms with Crippen molar-refractivity contribution in [1.82, 2.24) is 0 Å². The van der Waals surface area contributed by atoms with Crippen LogP contribution in [0.1, 0.15) is 38.2 Å². The monoisotopic (exact) mass is 372 g/mol. The largest absolute Gasteiger partial charge is 0.326 e. The Kier molecular flexibility index (Phi) is 5.61. The molecule has 0 aromatic heterocycles. The van der Waals surface area contributed by atoms with E-state index in [0.717, 1.165) is 36.9 Å². The summed E-state index contributed by atoms with van der Waals surface area (Å²) in [6.07, 6.45) is 4.17. The molecule has 26 heavy (non-hydrogen) atoms. The SMILES string of the molecule is CCCCCC(=O)Nc1ccc(S(=O)(=O)N2CCc3ccccc32)cc1. The number of rotatable bonds is 7. The van der Waals surface area contributed by atoms with Crippen LogP contribution in [0.3, 0.4) is 0 Å². The second-order valence-electron chi connectivity index (χ2n) is 6.49. The molecule has 0 saturated heterocycles. The van der Waals surface area contributed by atoms with Gasteiger partial charge in [0.25, 0.3) is 10.0 Å². The molecule has 0 radical (unpaired) electrons. The molecule has 0 spiro atoms. The van der Waals surface area contributed by atoms with E-state index < -0.39 is 10.0 Å². The van der Waals surface area contributed by atoms with Crippen LogP contribution in [0.25, 0.3) is 0 Å². The third-order valence-corrected chi connectivity index (χ3v) is 6.41. The van der Waals surface area contributed by atoms with E-state index in [-0.39, 0.29) is 10.8 Å². The number of amides is 1. The number of fused-ring (bicyclic) bond motifs is 1. The number of carbonyl (C=O) groups excluding carboxylic acids is 1. The molecule has 1 amide bonds. The van der Waals surface area contributed by atoms with Gasteiger partial charge in [-0.05, 0) is 48.7 Å². The van der Waals surface area contributed by atoms with Crippen LogP contribution in [0.2, 0.25) is 0 Å². The molecule has 0 bridgehead atoms. The third kappa shape index (κ3) is 3.90. The molecule has 0 unspecified atom stereocenters. The van der Waals surface area contributed by atoms with E-state index in [1.54, 1.807) is 24.3 Å². The summed E-state index contributed by atoms with van der Waals surface area (Å²) in [7, 11) is -3.59. The Morgan fingerprint density at radius 2 is 1.81 bits per heavy atom. The summed E-state index contributed by atoms with van der Waals surface area (Å²) in [6.45, 7) is 2.55. The van der Waals surface area contributed by atoms with Gasteiger partial charge in [0.1, 0.15) is 0 Å². The average Bonchev–Trinajstić information content (AvgIpc) is 3.07. The van der Waals surface area contributed by atoms with Crippen molar-refractivity contribution in [1.29, 1.82) is 0 Å². The summed E-state index contributed by atoms with van der Waals surface area (Å²) in [6, 6.07) is 14.0. The molecular formula is C20H24N2O3S.